The summed E-state index contributed by atoms with van der Waals surface area (Å²) in [4.78, 5) is 28.1. The number of rotatable bonds is 7. The van der Waals surface area contributed by atoms with Crippen LogP contribution < -0.4 is 15.6 Å². The number of aryl methyl sites for hydroxylation is 4. The molecule has 156 valence electrons. The van der Waals surface area contributed by atoms with Crippen molar-refractivity contribution in [2.45, 2.75) is 33.6 Å². The summed E-state index contributed by atoms with van der Waals surface area (Å²) < 4.78 is 10.6. The van der Waals surface area contributed by atoms with Gasteiger partial charge >= 0.3 is 0 Å². The van der Waals surface area contributed by atoms with E-state index in [-0.39, 0.29) is 25.4 Å². The molecule has 0 bridgehead atoms. The molecule has 0 radical (unpaired) electrons. The van der Waals surface area contributed by atoms with Crippen LogP contribution in [0.3, 0.4) is 0 Å². The van der Waals surface area contributed by atoms with Crippen molar-refractivity contribution in [2.24, 2.45) is 0 Å². The van der Waals surface area contributed by atoms with Crippen LogP contribution >= 0.6 is 0 Å². The highest BCUT2D eigenvalue weighted by molar-refractivity contribution is 5.82. The Kier molecular flexibility index (Phi) is 6.79. The fourth-order valence-corrected chi connectivity index (χ4v) is 2.80. The van der Waals surface area contributed by atoms with E-state index < -0.39 is 5.91 Å². The molecule has 0 atom stereocenters. The number of hydrogen-bond donors (Lipinski definition) is 2. The first kappa shape index (κ1) is 21.0. The van der Waals surface area contributed by atoms with Gasteiger partial charge < -0.3 is 9.26 Å². The molecule has 2 aromatic carbocycles. The Labute approximate surface area is 174 Å². The zero-order chi connectivity index (χ0) is 21.5. The van der Waals surface area contributed by atoms with Gasteiger partial charge in [0.05, 0.1) is 0 Å². The Bertz CT molecular complexity index is 1010. The van der Waals surface area contributed by atoms with Crippen LogP contribution in [0.4, 0.5) is 0 Å². The van der Waals surface area contributed by atoms with Gasteiger partial charge in [0.1, 0.15) is 5.75 Å². The van der Waals surface area contributed by atoms with Crippen LogP contribution in [0.15, 0.2) is 47.0 Å². The normalized spacial score (nSPS) is 10.5. The SMILES string of the molecule is Cc1ccc(-c2noc(CCC(=O)NNC(=O)COc3cc(C)cc(C)c3)n2)cc1. The van der Waals surface area contributed by atoms with Gasteiger partial charge in [-0.05, 0) is 44.0 Å². The summed E-state index contributed by atoms with van der Waals surface area (Å²) in [6, 6.07) is 13.4. The van der Waals surface area contributed by atoms with Crippen LogP contribution in [0.5, 0.6) is 5.75 Å². The summed E-state index contributed by atoms with van der Waals surface area (Å²) in [7, 11) is 0. The van der Waals surface area contributed by atoms with Crippen LogP contribution in [0.2, 0.25) is 0 Å². The zero-order valence-corrected chi connectivity index (χ0v) is 17.2. The predicted octanol–water partition coefficient (Wildman–Crippen LogP) is 2.82. The molecule has 0 unspecified atom stereocenters. The summed E-state index contributed by atoms with van der Waals surface area (Å²) in [5.74, 6) is 0.606. The monoisotopic (exact) mass is 408 g/mol. The fraction of sp³-hybridized carbons (Fsp3) is 0.273. The molecule has 2 N–H and O–H groups in total. The molecule has 0 spiro atoms. The van der Waals surface area contributed by atoms with Gasteiger partial charge in [0.15, 0.2) is 6.61 Å². The molecule has 1 heterocycles. The van der Waals surface area contributed by atoms with E-state index in [1.807, 2.05) is 63.2 Å². The third kappa shape index (κ3) is 6.16. The number of hydrogen-bond acceptors (Lipinski definition) is 6. The summed E-state index contributed by atoms with van der Waals surface area (Å²) in [6.07, 6.45) is 0.355. The standard InChI is InChI=1S/C22H24N4O4/c1-14-4-6-17(7-5-14)22-23-21(30-26-22)9-8-19(27)24-25-20(28)13-29-18-11-15(2)10-16(3)12-18/h4-7,10-12H,8-9,13H2,1-3H3,(H,24,27)(H,25,28). The minimum Gasteiger partial charge on any atom is -0.484 e. The average Bonchev–Trinajstić information content (AvgIpc) is 3.18. The number of carbonyl (C=O) groups excluding carboxylic acids is 2. The van der Waals surface area contributed by atoms with Gasteiger partial charge in [-0.1, -0.05) is 41.1 Å². The number of amides is 2. The first-order chi connectivity index (χ1) is 14.4. The summed E-state index contributed by atoms with van der Waals surface area (Å²) in [5, 5.41) is 3.93. The molecule has 8 nitrogen and oxygen atoms in total. The smallest absolute Gasteiger partial charge is 0.276 e. The second-order valence-corrected chi connectivity index (χ2v) is 7.09. The molecule has 0 aliphatic heterocycles. The van der Waals surface area contributed by atoms with Crippen molar-refractivity contribution in [1.29, 1.82) is 0 Å². The minimum atomic E-state index is -0.457. The lowest BCUT2D eigenvalue weighted by Gasteiger charge is -2.09. The Hall–Kier alpha value is -3.68. The molecule has 2 amide bonds. The summed E-state index contributed by atoms with van der Waals surface area (Å²) >= 11 is 0. The van der Waals surface area contributed by atoms with Gasteiger partial charge in [-0.25, -0.2) is 0 Å². The van der Waals surface area contributed by atoms with E-state index in [9.17, 15) is 9.59 Å². The van der Waals surface area contributed by atoms with Crippen molar-refractivity contribution >= 4 is 11.8 Å². The van der Waals surface area contributed by atoms with Crippen molar-refractivity contribution in [2.75, 3.05) is 6.61 Å². The first-order valence-corrected chi connectivity index (χ1v) is 9.57. The minimum absolute atomic E-state index is 0.0910. The lowest BCUT2D eigenvalue weighted by atomic mass is 10.1. The predicted molar refractivity (Wildman–Crippen MR) is 110 cm³/mol. The van der Waals surface area contributed by atoms with E-state index in [0.29, 0.717) is 17.5 Å². The number of carbonyl (C=O) groups is 2. The third-order valence-electron chi connectivity index (χ3n) is 4.25. The molecule has 30 heavy (non-hydrogen) atoms. The van der Waals surface area contributed by atoms with Gasteiger partial charge in [0.2, 0.25) is 17.6 Å². The maximum Gasteiger partial charge on any atom is 0.276 e. The Morgan fingerprint density at radius 3 is 2.30 bits per heavy atom. The van der Waals surface area contributed by atoms with E-state index >= 15 is 0 Å². The lowest BCUT2D eigenvalue weighted by Crippen LogP contribution is -2.43. The van der Waals surface area contributed by atoms with Crippen molar-refractivity contribution in [3.8, 4) is 17.1 Å². The van der Waals surface area contributed by atoms with Crippen LogP contribution in [0.1, 0.15) is 29.0 Å². The topological polar surface area (TPSA) is 106 Å². The molecule has 0 aliphatic rings. The van der Waals surface area contributed by atoms with Crippen LogP contribution in [0, 0.1) is 20.8 Å². The largest absolute Gasteiger partial charge is 0.484 e. The molecule has 0 aliphatic carbocycles. The molecule has 8 heteroatoms. The maximum atomic E-state index is 11.9. The van der Waals surface area contributed by atoms with Gasteiger partial charge in [-0.3, -0.25) is 20.4 Å². The lowest BCUT2D eigenvalue weighted by molar-refractivity contribution is -0.130. The summed E-state index contributed by atoms with van der Waals surface area (Å²) in [5.41, 5.74) is 8.75. The highest BCUT2D eigenvalue weighted by Crippen LogP contribution is 2.17. The highest BCUT2D eigenvalue weighted by atomic mass is 16.5. The van der Waals surface area contributed by atoms with Crippen LogP contribution in [-0.4, -0.2) is 28.6 Å². The fourth-order valence-electron chi connectivity index (χ4n) is 2.80. The van der Waals surface area contributed by atoms with Crippen molar-refractivity contribution in [3.05, 3.63) is 65.0 Å². The van der Waals surface area contributed by atoms with Gasteiger partial charge in [0, 0.05) is 18.4 Å². The Morgan fingerprint density at radius 2 is 1.60 bits per heavy atom. The van der Waals surface area contributed by atoms with E-state index in [0.717, 1.165) is 22.3 Å². The number of aromatic nitrogens is 2. The molecule has 3 rings (SSSR count). The third-order valence-corrected chi connectivity index (χ3v) is 4.25. The number of ether oxygens (including phenoxy) is 1. The highest BCUT2D eigenvalue weighted by Gasteiger charge is 2.11. The van der Waals surface area contributed by atoms with Crippen molar-refractivity contribution in [3.63, 3.8) is 0 Å². The number of nitrogens with zero attached hydrogens (tertiary/aromatic N) is 2. The van der Waals surface area contributed by atoms with E-state index in [1.54, 1.807) is 0 Å². The van der Waals surface area contributed by atoms with E-state index in [4.69, 9.17) is 9.26 Å². The number of hydrazine groups is 1. The molecule has 1 aromatic heterocycles. The second kappa shape index (κ2) is 9.69. The first-order valence-electron chi connectivity index (χ1n) is 9.57. The number of benzene rings is 2. The number of nitrogens with one attached hydrogen (secondary N) is 2. The van der Waals surface area contributed by atoms with Gasteiger partial charge in [0.25, 0.3) is 5.91 Å². The van der Waals surface area contributed by atoms with Gasteiger partial charge in [-0.15, -0.1) is 0 Å². The Balaban J connectivity index is 1.39. The van der Waals surface area contributed by atoms with Crippen molar-refractivity contribution < 1.29 is 18.8 Å². The van der Waals surface area contributed by atoms with Gasteiger partial charge in [-0.2, -0.15) is 4.98 Å². The molecule has 0 saturated heterocycles. The Morgan fingerprint density at radius 1 is 0.933 bits per heavy atom. The van der Waals surface area contributed by atoms with E-state index in [1.165, 1.54) is 0 Å². The molecule has 0 fully saturated rings. The van der Waals surface area contributed by atoms with E-state index in [2.05, 4.69) is 21.0 Å². The molecule has 0 saturated carbocycles. The van der Waals surface area contributed by atoms with Crippen molar-refractivity contribution in [1.82, 2.24) is 21.0 Å². The van der Waals surface area contributed by atoms with Crippen LogP contribution in [-0.2, 0) is 16.0 Å². The zero-order valence-electron chi connectivity index (χ0n) is 17.2. The van der Waals surface area contributed by atoms with Crippen LogP contribution in [0.25, 0.3) is 11.4 Å². The molecular formula is C22H24N4O4. The average molecular weight is 408 g/mol. The maximum absolute atomic E-state index is 11.9. The quantitative estimate of drug-likeness (QED) is 0.582. The molecule has 3 aromatic rings. The molecular weight excluding hydrogens is 384 g/mol. The summed E-state index contributed by atoms with van der Waals surface area (Å²) in [6.45, 7) is 5.70. The second-order valence-electron chi connectivity index (χ2n) is 7.09.